The van der Waals surface area contributed by atoms with Crippen molar-refractivity contribution >= 4 is 11.6 Å². The first-order valence-corrected chi connectivity index (χ1v) is 9.44. The number of hydrogen-bond donors (Lipinski definition) is 2. The number of phenolic OH excluding ortho intramolecular Hbond substituents is 1. The van der Waals surface area contributed by atoms with Gasteiger partial charge < -0.3 is 20.2 Å². The van der Waals surface area contributed by atoms with Crippen LogP contribution in [-0.2, 0) is 0 Å². The fraction of sp³-hybridized carbons (Fsp3) is 0.350. The highest BCUT2D eigenvalue weighted by atomic mass is 19.4. The first kappa shape index (κ1) is 22.3. The zero-order valence-electron chi connectivity index (χ0n) is 16.6. The lowest BCUT2D eigenvalue weighted by atomic mass is 9.92. The van der Waals surface area contributed by atoms with Crippen LogP contribution in [-0.4, -0.2) is 65.1 Å². The van der Waals surface area contributed by atoms with Gasteiger partial charge in [0.2, 0.25) is 0 Å². The van der Waals surface area contributed by atoms with Gasteiger partial charge in [0.05, 0.1) is 4.92 Å². The first-order valence-electron chi connectivity index (χ1n) is 9.44. The molecule has 166 valence electrons. The summed E-state index contributed by atoms with van der Waals surface area (Å²) < 4.78 is 41.0. The molecule has 0 radical (unpaired) electrons. The van der Waals surface area contributed by atoms with Crippen LogP contribution in [0, 0.1) is 16.0 Å². The normalized spacial score (nSPS) is 21.2. The Morgan fingerprint density at radius 1 is 1.26 bits per heavy atom. The largest absolute Gasteiger partial charge is 0.502 e. The van der Waals surface area contributed by atoms with Crippen LogP contribution in [0.15, 0.2) is 53.9 Å². The molecule has 2 aliphatic rings. The topological polar surface area (TPSA) is 99.0 Å². The van der Waals surface area contributed by atoms with Crippen molar-refractivity contribution < 1.29 is 28.0 Å². The fourth-order valence-electron chi connectivity index (χ4n) is 3.29. The summed E-state index contributed by atoms with van der Waals surface area (Å²) >= 11 is 0. The van der Waals surface area contributed by atoms with E-state index in [0.29, 0.717) is 13.1 Å². The highest BCUT2D eigenvalue weighted by molar-refractivity contribution is 5.96. The molecule has 8 nitrogen and oxygen atoms in total. The lowest BCUT2D eigenvalue weighted by Gasteiger charge is -2.33. The molecule has 0 aromatic heterocycles. The van der Waals surface area contributed by atoms with Gasteiger partial charge in [-0.2, -0.15) is 13.2 Å². The minimum atomic E-state index is -4.56. The summed E-state index contributed by atoms with van der Waals surface area (Å²) in [6.45, 7) is 2.73. The van der Waals surface area contributed by atoms with Crippen molar-refractivity contribution in [1.29, 1.82) is 0 Å². The van der Waals surface area contributed by atoms with Crippen LogP contribution in [0.3, 0.4) is 0 Å². The number of amides is 1. The molecule has 11 heteroatoms. The highest BCUT2D eigenvalue weighted by Gasteiger charge is 2.41. The minimum Gasteiger partial charge on any atom is -0.502 e. The maximum atomic E-state index is 13.7. The monoisotopic (exact) mass is 438 g/mol. The Hall–Kier alpha value is -3.34. The standard InChI is InChI=1S/C20H21F3N4O4/c1-25-6-8-26(9-7-25)12-14-2-4-15(11-16(14)20(21,22)23)24-19(29)13-3-5-18(28)17(10-13)27(30)31/h2-5,10-12,16,28H,6-9H2,1H3,(H,24,29). The number of nitrogens with zero attached hydrogens (tertiary/aromatic N) is 3. The zero-order chi connectivity index (χ0) is 22.8. The van der Waals surface area contributed by atoms with Crippen molar-refractivity contribution in [3.63, 3.8) is 0 Å². The van der Waals surface area contributed by atoms with E-state index in [4.69, 9.17) is 0 Å². The van der Waals surface area contributed by atoms with Gasteiger partial charge in [0.15, 0.2) is 5.75 Å². The molecule has 3 rings (SSSR count). The Kier molecular flexibility index (Phi) is 6.34. The van der Waals surface area contributed by atoms with Gasteiger partial charge in [0.1, 0.15) is 5.92 Å². The van der Waals surface area contributed by atoms with Crippen LogP contribution in [0.25, 0.3) is 0 Å². The summed E-state index contributed by atoms with van der Waals surface area (Å²) in [5, 5.41) is 22.7. The third-order valence-electron chi connectivity index (χ3n) is 5.08. The molecular weight excluding hydrogens is 417 g/mol. The SMILES string of the molecule is CN1CCN(C=C2C=CC(NC(=O)c3ccc(O)c([N+](=O)[O-])c3)=CC2C(F)(F)F)CC1. The average Bonchev–Trinajstić information content (AvgIpc) is 2.70. The maximum absolute atomic E-state index is 13.7. The number of rotatable bonds is 4. The van der Waals surface area contributed by atoms with Gasteiger partial charge in [0.25, 0.3) is 5.91 Å². The van der Waals surface area contributed by atoms with Gasteiger partial charge in [-0.15, -0.1) is 0 Å². The Morgan fingerprint density at radius 2 is 1.94 bits per heavy atom. The smallest absolute Gasteiger partial charge is 0.399 e. The van der Waals surface area contributed by atoms with Gasteiger partial charge in [-0.3, -0.25) is 14.9 Å². The number of nitro benzene ring substituents is 1. The number of carbonyl (C=O) groups excluding carboxylic acids is 1. The predicted molar refractivity (Wildman–Crippen MR) is 106 cm³/mol. The zero-order valence-corrected chi connectivity index (χ0v) is 16.6. The fourth-order valence-corrected chi connectivity index (χ4v) is 3.29. The molecule has 2 N–H and O–H groups in total. The number of piperazine rings is 1. The van der Waals surface area contributed by atoms with Crippen molar-refractivity contribution in [2.24, 2.45) is 5.92 Å². The Balaban J connectivity index is 1.79. The number of alkyl halides is 3. The predicted octanol–water partition coefficient (Wildman–Crippen LogP) is 2.79. The van der Waals surface area contributed by atoms with E-state index in [1.165, 1.54) is 18.4 Å². The molecule has 0 saturated carbocycles. The second kappa shape index (κ2) is 8.80. The molecule has 1 unspecified atom stereocenters. The number of likely N-dealkylation sites (N-methyl/N-ethyl adjacent to an activating group) is 1. The molecule has 1 aliphatic heterocycles. The molecule has 1 aromatic rings. The van der Waals surface area contributed by atoms with Crippen molar-refractivity contribution in [3.8, 4) is 5.75 Å². The summed E-state index contributed by atoms with van der Waals surface area (Å²) in [5.74, 6) is -3.35. The quantitative estimate of drug-likeness (QED) is 0.554. The van der Waals surface area contributed by atoms with Gasteiger partial charge in [0, 0.05) is 49.7 Å². The molecule has 1 atom stereocenters. The molecule has 1 aromatic carbocycles. The van der Waals surface area contributed by atoms with E-state index >= 15 is 0 Å². The summed E-state index contributed by atoms with van der Waals surface area (Å²) in [6.07, 6.45) is 0.521. The van der Waals surface area contributed by atoms with Crippen LogP contribution in [0.1, 0.15) is 10.4 Å². The molecule has 0 bridgehead atoms. The van der Waals surface area contributed by atoms with E-state index in [2.05, 4.69) is 10.2 Å². The summed E-state index contributed by atoms with van der Waals surface area (Å²) in [7, 11) is 1.95. The minimum absolute atomic E-state index is 0.0651. The lowest BCUT2D eigenvalue weighted by Crippen LogP contribution is -2.42. The van der Waals surface area contributed by atoms with Crippen LogP contribution in [0.4, 0.5) is 18.9 Å². The maximum Gasteiger partial charge on any atom is 0.399 e. The third-order valence-corrected chi connectivity index (χ3v) is 5.08. The van der Waals surface area contributed by atoms with Crippen molar-refractivity contribution in [2.75, 3.05) is 33.2 Å². The number of benzene rings is 1. The Morgan fingerprint density at radius 3 is 2.55 bits per heavy atom. The number of halogens is 3. The molecule has 31 heavy (non-hydrogen) atoms. The van der Waals surface area contributed by atoms with E-state index in [-0.39, 0.29) is 16.8 Å². The molecular formula is C20H21F3N4O4. The highest BCUT2D eigenvalue weighted by Crippen LogP contribution is 2.37. The van der Waals surface area contributed by atoms with Crippen molar-refractivity contribution in [3.05, 3.63) is 69.6 Å². The van der Waals surface area contributed by atoms with Crippen LogP contribution < -0.4 is 5.32 Å². The van der Waals surface area contributed by atoms with Crippen LogP contribution >= 0.6 is 0 Å². The van der Waals surface area contributed by atoms with Crippen LogP contribution in [0.2, 0.25) is 0 Å². The van der Waals surface area contributed by atoms with E-state index < -0.39 is 34.4 Å². The summed E-state index contributed by atoms with van der Waals surface area (Å²) in [5.41, 5.74) is -0.846. The number of nitrogens with one attached hydrogen (secondary N) is 1. The van der Waals surface area contributed by atoms with Gasteiger partial charge in [-0.25, -0.2) is 0 Å². The first-order chi connectivity index (χ1) is 14.5. The van der Waals surface area contributed by atoms with E-state index in [1.807, 2.05) is 11.9 Å². The van der Waals surface area contributed by atoms with E-state index in [1.54, 1.807) is 0 Å². The second-order valence-electron chi connectivity index (χ2n) is 7.36. The molecule has 1 amide bonds. The Bertz CT molecular complexity index is 964. The number of aromatic hydroxyl groups is 1. The average molecular weight is 438 g/mol. The van der Waals surface area contributed by atoms with Gasteiger partial charge >= 0.3 is 11.9 Å². The number of phenols is 1. The van der Waals surface area contributed by atoms with Crippen molar-refractivity contribution in [2.45, 2.75) is 6.18 Å². The van der Waals surface area contributed by atoms with E-state index in [9.17, 15) is 33.2 Å². The van der Waals surface area contributed by atoms with Crippen LogP contribution in [0.5, 0.6) is 5.75 Å². The molecule has 1 aliphatic carbocycles. The molecule has 1 fully saturated rings. The number of allylic oxidation sites excluding steroid dienone is 4. The van der Waals surface area contributed by atoms with E-state index in [0.717, 1.165) is 37.4 Å². The Labute approximate surface area is 176 Å². The number of hydrogen-bond acceptors (Lipinski definition) is 6. The number of carbonyl (C=O) groups is 1. The molecule has 1 saturated heterocycles. The third kappa shape index (κ3) is 5.43. The summed E-state index contributed by atoms with van der Waals surface area (Å²) in [4.78, 5) is 26.4. The second-order valence-corrected chi connectivity index (χ2v) is 7.36. The van der Waals surface area contributed by atoms with Gasteiger partial charge in [-0.05, 0) is 36.9 Å². The summed E-state index contributed by atoms with van der Waals surface area (Å²) in [6, 6.07) is 2.98. The molecule has 1 heterocycles. The van der Waals surface area contributed by atoms with Crippen molar-refractivity contribution in [1.82, 2.24) is 15.1 Å². The molecule has 0 spiro atoms. The number of nitro groups is 1. The lowest BCUT2D eigenvalue weighted by molar-refractivity contribution is -0.385. The van der Waals surface area contributed by atoms with Gasteiger partial charge in [-0.1, -0.05) is 6.08 Å².